The van der Waals surface area contributed by atoms with Crippen LogP contribution in [0.15, 0.2) is 24.3 Å². The molecule has 1 unspecified atom stereocenters. The van der Waals surface area contributed by atoms with E-state index in [4.69, 9.17) is 0 Å². The maximum Gasteiger partial charge on any atom is 0.240 e. The second-order valence-corrected chi connectivity index (χ2v) is 5.81. The number of carbonyl (C=O) groups excluding carboxylic acids is 1. The number of piperazine rings is 1. The molecule has 3 rings (SSSR count). The van der Waals surface area contributed by atoms with Crippen LogP contribution in [0.2, 0.25) is 0 Å². The highest BCUT2D eigenvalue weighted by Gasteiger charge is 2.20. The Labute approximate surface area is 120 Å². The van der Waals surface area contributed by atoms with Gasteiger partial charge >= 0.3 is 0 Å². The summed E-state index contributed by atoms with van der Waals surface area (Å²) in [5, 5.41) is 6.58. The van der Waals surface area contributed by atoms with E-state index in [0.717, 1.165) is 44.2 Å². The van der Waals surface area contributed by atoms with Gasteiger partial charge in [-0.25, -0.2) is 0 Å². The highest BCUT2D eigenvalue weighted by atomic mass is 16.2. The third-order valence-corrected chi connectivity index (χ3v) is 4.24. The average Bonchev–Trinajstić information content (AvgIpc) is 2.49. The molecule has 0 spiro atoms. The predicted octanol–water partition coefficient (Wildman–Crippen LogP) is 1.16. The number of hydrogen-bond acceptors (Lipinski definition) is 3. The molecule has 1 amide bonds. The van der Waals surface area contributed by atoms with E-state index in [0.29, 0.717) is 6.54 Å². The van der Waals surface area contributed by atoms with Crippen LogP contribution in [-0.4, -0.2) is 38.6 Å². The van der Waals surface area contributed by atoms with Crippen molar-refractivity contribution >= 4 is 11.6 Å². The van der Waals surface area contributed by atoms with Crippen molar-refractivity contribution in [2.45, 2.75) is 19.3 Å². The molecule has 108 valence electrons. The Bertz CT molecular complexity index is 469. The summed E-state index contributed by atoms with van der Waals surface area (Å²) in [5.41, 5.74) is 2.40. The Morgan fingerprint density at radius 3 is 3.00 bits per heavy atom. The molecule has 0 aliphatic carbocycles. The number of nitrogens with one attached hydrogen (secondary N) is 2. The van der Waals surface area contributed by atoms with E-state index < -0.39 is 0 Å². The largest absolute Gasteiger partial charge is 0.316 e. The van der Waals surface area contributed by atoms with Crippen LogP contribution in [0.3, 0.4) is 0 Å². The molecule has 1 aromatic carbocycles. The van der Waals surface area contributed by atoms with Gasteiger partial charge in [-0.1, -0.05) is 12.1 Å². The quantitative estimate of drug-likeness (QED) is 0.869. The summed E-state index contributed by atoms with van der Waals surface area (Å²) < 4.78 is 0. The zero-order valence-corrected chi connectivity index (χ0v) is 11.9. The second kappa shape index (κ2) is 6.37. The molecular weight excluding hydrogens is 250 g/mol. The molecule has 20 heavy (non-hydrogen) atoms. The molecule has 0 radical (unpaired) electrons. The number of piperidine rings is 1. The number of anilines is 1. The van der Waals surface area contributed by atoms with Crippen molar-refractivity contribution in [1.29, 1.82) is 0 Å². The number of nitrogens with zero attached hydrogens (tertiary/aromatic N) is 1. The summed E-state index contributed by atoms with van der Waals surface area (Å²) >= 11 is 0. The van der Waals surface area contributed by atoms with Crippen LogP contribution < -0.4 is 15.5 Å². The second-order valence-electron chi connectivity index (χ2n) is 5.81. The SMILES string of the molecule is O=C1CNCCN1c1cccc(CC2CCCNC2)c1. The minimum atomic E-state index is 0.174. The first-order chi connectivity index (χ1) is 9.83. The molecule has 0 bridgehead atoms. The van der Waals surface area contributed by atoms with Gasteiger partial charge in [0.15, 0.2) is 0 Å². The monoisotopic (exact) mass is 273 g/mol. The molecular formula is C16H23N3O. The van der Waals surface area contributed by atoms with Crippen molar-refractivity contribution in [1.82, 2.24) is 10.6 Å². The Balaban J connectivity index is 1.70. The smallest absolute Gasteiger partial charge is 0.240 e. The molecule has 4 nitrogen and oxygen atoms in total. The summed E-state index contributed by atoms with van der Waals surface area (Å²) in [6.07, 6.45) is 3.70. The lowest BCUT2D eigenvalue weighted by atomic mass is 9.92. The maximum absolute atomic E-state index is 11.9. The number of benzene rings is 1. The van der Waals surface area contributed by atoms with Crippen molar-refractivity contribution in [3.63, 3.8) is 0 Å². The maximum atomic E-state index is 11.9. The summed E-state index contributed by atoms with van der Waals surface area (Å²) in [4.78, 5) is 13.9. The van der Waals surface area contributed by atoms with Gasteiger partial charge in [0, 0.05) is 18.8 Å². The highest BCUT2D eigenvalue weighted by Crippen LogP contribution is 2.21. The average molecular weight is 273 g/mol. The minimum Gasteiger partial charge on any atom is -0.316 e. The first kappa shape index (κ1) is 13.6. The van der Waals surface area contributed by atoms with Crippen molar-refractivity contribution in [3.05, 3.63) is 29.8 Å². The van der Waals surface area contributed by atoms with Gasteiger partial charge in [0.05, 0.1) is 6.54 Å². The molecule has 2 N–H and O–H groups in total. The van der Waals surface area contributed by atoms with Crippen LogP contribution in [0.5, 0.6) is 0 Å². The third-order valence-electron chi connectivity index (χ3n) is 4.24. The van der Waals surface area contributed by atoms with Crippen molar-refractivity contribution < 1.29 is 4.79 Å². The van der Waals surface area contributed by atoms with Gasteiger partial charge in [0.2, 0.25) is 5.91 Å². The third kappa shape index (κ3) is 3.19. The fourth-order valence-electron chi connectivity index (χ4n) is 3.16. The Morgan fingerprint density at radius 2 is 2.20 bits per heavy atom. The lowest BCUT2D eigenvalue weighted by Crippen LogP contribution is -2.48. The fraction of sp³-hybridized carbons (Fsp3) is 0.562. The van der Waals surface area contributed by atoms with Crippen LogP contribution in [0, 0.1) is 5.92 Å². The fourth-order valence-corrected chi connectivity index (χ4v) is 3.16. The van der Waals surface area contributed by atoms with E-state index in [-0.39, 0.29) is 5.91 Å². The molecule has 2 heterocycles. The van der Waals surface area contributed by atoms with Crippen LogP contribution in [-0.2, 0) is 11.2 Å². The molecule has 2 saturated heterocycles. The lowest BCUT2D eigenvalue weighted by Gasteiger charge is -2.28. The Kier molecular flexibility index (Phi) is 4.33. The van der Waals surface area contributed by atoms with Gasteiger partial charge in [-0.2, -0.15) is 0 Å². The zero-order valence-electron chi connectivity index (χ0n) is 11.9. The zero-order chi connectivity index (χ0) is 13.8. The standard InChI is InChI=1S/C16H23N3O/c20-16-12-18-7-8-19(16)15-5-1-3-13(10-15)9-14-4-2-6-17-11-14/h1,3,5,10,14,17-18H,2,4,6-9,11-12H2. The van der Waals surface area contributed by atoms with Crippen LogP contribution in [0.4, 0.5) is 5.69 Å². The highest BCUT2D eigenvalue weighted by molar-refractivity contribution is 5.95. The van der Waals surface area contributed by atoms with Crippen LogP contribution >= 0.6 is 0 Å². The van der Waals surface area contributed by atoms with E-state index in [1.807, 2.05) is 11.0 Å². The molecule has 0 saturated carbocycles. The van der Waals surface area contributed by atoms with Gasteiger partial charge in [-0.15, -0.1) is 0 Å². The summed E-state index contributed by atoms with van der Waals surface area (Å²) in [7, 11) is 0. The van der Waals surface area contributed by atoms with Gasteiger partial charge in [0.1, 0.15) is 0 Å². The van der Waals surface area contributed by atoms with Crippen LogP contribution in [0.25, 0.3) is 0 Å². The summed E-state index contributed by atoms with van der Waals surface area (Å²) in [6, 6.07) is 8.50. The topological polar surface area (TPSA) is 44.4 Å². The number of amides is 1. The first-order valence-electron chi connectivity index (χ1n) is 7.63. The lowest BCUT2D eigenvalue weighted by molar-refractivity contribution is -0.118. The van der Waals surface area contributed by atoms with Crippen molar-refractivity contribution in [2.24, 2.45) is 5.92 Å². The molecule has 1 atom stereocenters. The van der Waals surface area contributed by atoms with Crippen molar-refractivity contribution in [3.8, 4) is 0 Å². The van der Waals surface area contributed by atoms with Crippen LogP contribution in [0.1, 0.15) is 18.4 Å². The van der Waals surface area contributed by atoms with E-state index in [1.54, 1.807) is 0 Å². The van der Waals surface area contributed by atoms with E-state index in [2.05, 4.69) is 28.8 Å². The first-order valence-corrected chi connectivity index (χ1v) is 7.63. The van der Waals surface area contributed by atoms with Gasteiger partial charge in [-0.3, -0.25) is 4.79 Å². The van der Waals surface area contributed by atoms with Crippen molar-refractivity contribution in [2.75, 3.05) is 37.6 Å². The Hall–Kier alpha value is -1.39. The molecule has 4 heteroatoms. The molecule has 2 aliphatic heterocycles. The van der Waals surface area contributed by atoms with E-state index >= 15 is 0 Å². The van der Waals surface area contributed by atoms with E-state index in [9.17, 15) is 4.79 Å². The van der Waals surface area contributed by atoms with Gasteiger partial charge in [-0.05, 0) is 56.0 Å². The molecule has 2 fully saturated rings. The minimum absolute atomic E-state index is 0.174. The number of rotatable bonds is 3. The summed E-state index contributed by atoms with van der Waals surface area (Å²) in [6.45, 7) is 4.38. The Morgan fingerprint density at radius 1 is 1.25 bits per heavy atom. The molecule has 0 aromatic heterocycles. The number of carbonyl (C=O) groups is 1. The predicted molar refractivity (Wildman–Crippen MR) is 81.0 cm³/mol. The summed E-state index contributed by atoms with van der Waals surface area (Å²) in [5.74, 6) is 0.908. The van der Waals surface area contributed by atoms with Gasteiger partial charge in [0.25, 0.3) is 0 Å². The normalized spacial score (nSPS) is 23.9. The molecule has 1 aromatic rings. The van der Waals surface area contributed by atoms with Gasteiger partial charge < -0.3 is 15.5 Å². The van der Waals surface area contributed by atoms with E-state index in [1.165, 1.54) is 18.4 Å². The number of hydrogen-bond donors (Lipinski definition) is 2. The molecule has 2 aliphatic rings.